The van der Waals surface area contributed by atoms with E-state index in [1.165, 1.54) is 6.07 Å². The topological polar surface area (TPSA) is 44.5 Å². The van der Waals surface area contributed by atoms with E-state index in [9.17, 15) is 4.39 Å². The van der Waals surface area contributed by atoms with Gasteiger partial charge in [0.15, 0.2) is 11.6 Å². The van der Waals surface area contributed by atoms with Gasteiger partial charge in [-0.15, -0.1) is 0 Å². The minimum atomic E-state index is -0.348. The average molecular weight is 239 g/mol. The molecule has 0 bridgehead atoms. The fraction of sp³-hybridized carbons (Fsp3) is 0.538. The van der Waals surface area contributed by atoms with E-state index >= 15 is 0 Å². The molecule has 1 saturated heterocycles. The molecular weight excluding hydrogens is 221 g/mol. The summed E-state index contributed by atoms with van der Waals surface area (Å²) in [4.78, 5) is 0. The van der Waals surface area contributed by atoms with Gasteiger partial charge >= 0.3 is 0 Å². The van der Waals surface area contributed by atoms with Crippen molar-refractivity contribution in [3.05, 3.63) is 29.6 Å². The van der Waals surface area contributed by atoms with Gasteiger partial charge in [0.05, 0.1) is 13.2 Å². The maximum atomic E-state index is 13.7. The molecule has 1 fully saturated rings. The zero-order valence-corrected chi connectivity index (χ0v) is 9.99. The number of hydrogen-bond acceptors (Lipinski definition) is 3. The highest BCUT2D eigenvalue weighted by Gasteiger charge is 2.17. The summed E-state index contributed by atoms with van der Waals surface area (Å²) < 4.78 is 24.4. The van der Waals surface area contributed by atoms with Crippen molar-refractivity contribution in [1.29, 1.82) is 0 Å². The highest BCUT2D eigenvalue weighted by atomic mass is 19.1. The number of nitrogens with two attached hydrogens (primary N) is 1. The Bertz CT molecular complexity index is 376. The van der Waals surface area contributed by atoms with Crippen molar-refractivity contribution in [2.75, 3.05) is 19.8 Å². The summed E-state index contributed by atoms with van der Waals surface area (Å²) in [5.41, 5.74) is 6.46. The van der Waals surface area contributed by atoms with Crippen molar-refractivity contribution in [2.24, 2.45) is 11.7 Å². The molecule has 0 aliphatic carbocycles. The number of benzene rings is 1. The van der Waals surface area contributed by atoms with E-state index in [-0.39, 0.29) is 11.9 Å². The minimum Gasteiger partial charge on any atom is -0.490 e. The van der Waals surface area contributed by atoms with Gasteiger partial charge in [0.1, 0.15) is 0 Å². The first kappa shape index (κ1) is 12.3. The second-order valence-electron chi connectivity index (χ2n) is 4.52. The molecule has 1 aliphatic rings. The van der Waals surface area contributed by atoms with E-state index in [4.69, 9.17) is 15.2 Å². The maximum absolute atomic E-state index is 13.7. The largest absolute Gasteiger partial charge is 0.490 e. The van der Waals surface area contributed by atoms with Crippen LogP contribution in [0.4, 0.5) is 4.39 Å². The van der Waals surface area contributed by atoms with Crippen molar-refractivity contribution < 1.29 is 13.9 Å². The normalized spacial score (nSPS) is 21.5. The summed E-state index contributed by atoms with van der Waals surface area (Å²) in [7, 11) is 0. The van der Waals surface area contributed by atoms with Crippen molar-refractivity contribution in [1.82, 2.24) is 0 Å². The summed E-state index contributed by atoms with van der Waals surface area (Å²) in [6.45, 7) is 3.82. The molecule has 1 aromatic rings. The summed E-state index contributed by atoms with van der Waals surface area (Å²) >= 11 is 0. The number of ether oxygens (including phenoxy) is 2. The van der Waals surface area contributed by atoms with Gasteiger partial charge in [0, 0.05) is 18.6 Å². The molecule has 0 aromatic heterocycles. The second kappa shape index (κ2) is 5.47. The first-order valence-electron chi connectivity index (χ1n) is 5.92. The van der Waals surface area contributed by atoms with E-state index in [1.54, 1.807) is 12.1 Å². The minimum absolute atomic E-state index is 0.165. The SMILES string of the molecule is C[C@H](N)c1ccc(OCC2CCOC2)c(F)c1. The maximum Gasteiger partial charge on any atom is 0.165 e. The molecule has 2 atom stereocenters. The van der Waals surface area contributed by atoms with Crippen molar-refractivity contribution in [3.63, 3.8) is 0 Å². The molecule has 4 heteroatoms. The smallest absolute Gasteiger partial charge is 0.165 e. The van der Waals surface area contributed by atoms with Crippen LogP contribution in [0.15, 0.2) is 18.2 Å². The van der Waals surface area contributed by atoms with Gasteiger partial charge < -0.3 is 15.2 Å². The van der Waals surface area contributed by atoms with Crippen LogP contribution in [-0.2, 0) is 4.74 Å². The van der Waals surface area contributed by atoms with Gasteiger partial charge in [-0.2, -0.15) is 0 Å². The Morgan fingerprint density at radius 1 is 1.59 bits per heavy atom. The lowest BCUT2D eigenvalue weighted by atomic mass is 10.1. The fourth-order valence-corrected chi connectivity index (χ4v) is 1.84. The Balaban J connectivity index is 1.96. The highest BCUT2D eigenvalue weighted by Crippen LogP contribution is 2.22. The summed E-state index contributed by atoms with van der Waals surface area (Å²) in [5, 5.41) is 0. The van der Waals surface area contributed by atoms with Gasteiger partial charge in [0.2, 0.25) is 0 Å². The summed E-state index contributed by atoms with van der Waals surface area (Å²) in [6.07, 6.45) is 0.986. The molecule has 17 heavy (non-hydrogen) atoms. The average Bonchev–Trinajstić information content (AvgIpc) is 2.80. The second-order valence-corrected chi connectivity index (χ2v) is 4.52. The van der Waals surface area contributed by atoms with Crippen LogP contribution in [-0.4, -0.2) is 19.8 Å². The van der Waals surface area contributed by atoms with E-state index in [2.05, 4.69) is 0 Å². The van der Waals surface area contributed by atoms with Crippen LogP contribution in [0.5, 0.6) is 5.75 Å². The van der Waals surface area contributed by atoms with Crippen molar-refractivity contribution in [2.45, 2.75) is 19.4 Å². The third-order valence-corrected chi connectivity index (χ3v) is 2.98. The summed E-state index contributed by atoms with van der Waals surface area (Å²) in [6, 6.07) is 4.71. The zero-order valence-electron chi connectivity index (χ0n) is 9.99. The zero-order chi connectivity index (χ0) is 12.3. The molecule has 1 aromatic carbocycles. The van der Waals surface area contributed by atoms with Gasteiger partial charge in [-0.1, -0.05) is 6.07 Å². The third-order valence-electron chi connectivity index (χ3n) is 2.98. The Hall–Kier alpha value is -1.13. The molecule has 1 unspecified atom stereocenters. The first-order chi connectivity index (χ1) is 8.16. The van der Waals surface area contributed by atoms with Gasteiger partial charge in [0.25, 0.3) is 0 Å². The standard InChI is InChI=1S/C13H18FNO2/c1-9(15)11-2-3-13(12(14)6-11)17-8-10-4-5-16-7-10/h2-3,6,9-10H,4-5,7-8,15H2,1H3/t9-,10?/m0/s1. The van der Waals surface area contributed by atoms with Gasteiger partial charge in [-0.3, -0.25) is 0 Å². The summed E-state index contributed by atoms with van der Waals surface area (Å²) in [5.74, 6) is 0.322. The molecular formula is C13H18FNO2. The van der Waals surface area contributed by atoms with Crippen LogP contribution in [0.3, 0.4) is 0 Å². The van der Waals surface area contributed by atoms with Crippen LogP contribution in [0.1, 0.15) is 24.9 Å². The van der Waals surface area contributed by atoms with E-state index < -0.39 is 0 Å². The van der Waals surface area contributed by atoms with Crippen LogP contribution < -0.4 is 10.5 Å². The molecule has 1 aliphatic heterocycles. The monoisotopic (exact) mass is 239 g/mol. The first-order valence-corrected chi connectivity index (χ1v) is 5.92. The molecule has 0 spiro atoms. The molecule has 0 amide bonds. The third kappa shape index (κ3) is 3.17. The lowest BCUT2D eigenvalue weighted by Crippen LogP contribution is -2.12. The van der Waals surface area contributed by atoms with Crippen molar-refractivity contribution in [3.8, 4) is 5.75 Å². The predicted octanol–water partition coefficient (Wildman–Crippen LogP) is 2.26. The van der Waals surface area contributed by atoms with E-state index in [1.807, 2.05) is 6.92 Å². The Labute approximate surface area is 101 Å². The predicted molar refractivity (Wildman–Crippen MR) is 63.4 cm³/mol. The highest BCUT2D eigenvalue weighted by molar-refractivity contribution is 5.30. The fourth-order valence-electron chi connectivity index (χ4n) is 1.84. The molecule has 2 N–H and O–H groups in total. The van der Waals surface area contributed by atoms with Crippen molar-refractivity contribution >= 4 is 0 Å². The lowest BCUT2D eigenvalue weighted by molar-refractivity contribution is 0.165. The van der Waals surface area contributed by atoms with E-state index in [0.717, 1.165) is 18.6 Å². The van der Waals surface area contributed by atoms with E-state index in [0.29, 0.717) is 24.9 Å². The number of hydrogen-bond donors (Lipinski definition) is 1. The van der Waals surface area contributed by atoms with Crippen LogP contribution in [0.2, 0.25) is 0 Å². The van der Waals surface area contributed by atoms with Crippen LogP contribution >= 0.6 is 0 Å². The quantitative estimate of drug-likeness (QED) is 0.876. The molecule has 3 nitrogen and oxygen atoms in total. The molecule has 2 rings (SSSR count). The van der Waals surface area contributed by atoms with Crippen LogP contribution in [0, 0.1) is 11.7 Å². The molecule has 1 heterocycles. The Morgan fingerprint density at radius 3 is 3.00 bits per heavy atom. The van der Waals surface area contributed by atoms with Gasteiger partial charge in [-0.25, -0.2) is 4.39 Å². The molecule has 0 radical (unpaired) electrons. The molecule has 94 valence electrons. The number of rotatable bonds is 4. The lowest BCUT2D eigenvalue weighted by Gasteiger charge is -2.12. The number of halogens is 1. The molecule has 0 saturated carbocycles. The van der Waals surface area contributed by atoms with Gasteiger partial charge in [-0.05, 0) is 31.0 Å². The van der Waals surface area contributed by atoms with Crippen LogP contribution in [0.25, 0.3) is 0 Å². The Kier molecular flexibility index (Phi) is 3.97. The Morgan fingerprint density at radius 2 is 2.41 bits per heavy atom.